The molecule has 55 heavy (non-hydrogen) atoms. The fourth-order valence-corrected chi connectivity index (χ4v) is 28.8. The second-order valence-corrected chi connectivity index (χ2v) is 26.9. The maximum absolute atomic E-state index is 11.2. The van der Waals surface area contributed by atoms with E-state index < -0.39 is 80.3 Å². The molecule has 0 aromatic rings. The van der Waals surface area contributed by atoms with Gasteiger partial charge >= 0.3 is 80.3 Å². The average Bonchev–Trinajstić information content (AvgIpc) is 3.17. The van der Waals surface area contributed by atoms with Crippen molar-refractivity contribution in [2.75, 3.05) is 46.7 Å². The average molecular weight is 974 g/mol. The molecule has 0 aliphatic carbocycles. The Morgan fingerprint density at radius 1 is 0.509 bits per heavy atom. The highest BCUT2D eigenvalue weighted by molar-refractivity contribution is 6.89. The first kappa shape index (κ1) is 46.3. The van der Waals surface area contributed by atoms with Gasteiger partial charge in [0.15, 0.2) is 0 Å². The van der Waals surface area contributed by atoms with Crippen LogP contribution in [0, 0.1) is 0 Å². The SMILES string of the molecule is CCCF.CCCF.CCCF.CCCF.CCCF.CCCF.[3H]F.[3H][Si]12O[Si]3([3H])O[Si]4([3H])O[Si]([3H])(O1)O[Si]1(CCCOC(C)=O)O[Si]([3H])(O2)O[Si](CCC)(O3)O[Si]([3H])(O4)O1. The molecule has 0 amide bonds. The van der Waals surface area contributed by atoms with Crippen molar-refractivity contribution in [1.82, 2.24) is 0 Å². The Morgan fingerprint density at radius 2 is 0.764 bits per heavy atom. The molecule has 0 N–H and O–H groups in total. The number of rotatable bonds is 12. The van der Waals surface area contributed by atoms with E-state index in [-0.39, 0.29) is 65.2 Å². The van der Waals surface area contributed by atoms with Crippen molar-refractivity contribution in [2.45, 2.75) is 119 Å². The lowest BCUT2D eigenvalue weighted by Crippen LogP contribution is -2.74. The van der Waals surface area contributed by atoms with Crippen LogP contribution >= 0.6 is 0 Å². The van der Waals surface area contributed by atoms with Crippen molar-refractivity contribution < 1.29 is 90.0 Å². The lowest BCUT2D eigenvalue weighted by Gasteiger charge is -2.50. The van der Waals surface area contributed by atoms with Gasteiger partial charge in [0.05, 0.1) is 46.7 Å². The van der Waals surface area contributed by atoms with E-state index >= 15 is 0 Å². The van der Waals surface area contributed by atoms with Crippen molar-refractivity contribution in [3.63, 3.8) is 0 Å². The molecule has 0 spiro atoms. The molecule has 6 aliphatic rings. The standard InChI is InChI=1S/C8H22O14Si8.6C3H7F.FH/c1-3-6-29-17-25-11-23-13-26-14-24(12-25)16-28(20-29)22-30(18-26,21-27(15-23)19-29)7-4-5-10-8(2)9;6*1-2-3-4;/h23-28H,3-7H2,1-2H3;6*2-3H2,1H3;1H/i23T,24T,25T,26T,27T,28T;;;;;;;/hT. The summed E-state index contributed by atoms with van der Waals surface area (Å²) in [4.78, 5) is 11.2. The molecule has 0 aromatic heterocycles. The number of hydrogen-bond acceptors (Lipinski definition) is 14. The molecule has 0 saturated carbocycles. The number of esters is 1. The van der Waals surface area contributed by atoms with E-state index in [0.29, 0.717) is 44.9 Å². The van der Waals surface area contributed by atoms with Gasteiger partial charge in [-0.3, -0.25) is 35.9 Å². The molecule has 334 valence electrons. The summed E-state index contributed by atoms with van der Waals surface area (Å²) >= 11 is 0. The van der Waals surface area contributed by atoms with E-state index in [1.165, 1.54) is 6.92 Å². The van der Waals surface area contributed by atoms with Crippen LogP contribution in [0.3, 0.4) is 0 Å². The molecular formula is C26H65F7O14Si8. The summed E-state index contributed by atoms with van der Waals surface area (Å²) in [6.45, 7) is 12.6. The minimum absolute atomic E-state index is 0.0297. The van der Waals surface area contributed by atoms with Gasteiger partial charge in [-0.1, -0.05) is 54.9 Å². The van der Waals surface area contributed by atoms with Gasteiger partial charge in [-0.05, 0) is 44.9 Å². The van der Waals surface area contributed by atoms with E-state index in [9.17, 15) is 31.1 Å². The molecule has 6 aliphatic heterocycles. The highest BCUT2D eigenvalue weighted by atomic mass is 28.6. The second-order valence-electron chi connectivity index (χ2n) is 10.4. The van der Waals surface area contributed by atoms with Gasteiger partial charge in [0.25, 0.3) is 1.45 Å². The van der Waals surface area contributed by atoms with E-state index in [1.807, 2.05) is 0 Å². The van der Waals surface area contributed by atoms with Gasteiger partial charge in [-0.15, -0.1) is 0 Å². The molecule has 6 heterocycles. The van der Waals surface area contributed by atoms with Crippen molar-refractivity contribution in [2.24, 2.45) is 0 Å². The summed E-state index contributed by atoms with van der Waals surface area (Å²) in [5, 5.41) is 0. The molecule has 8 bridgehead atoms. The smallest absolute Gasteiger partial charge is 0.466 e. The van der Waals surface area contributed by atoms with Gasteiger partial charge in [-0.2, -0.15) is 0 Å². The monoisotopic (exact) mass is 972 g/mol. The molecule has 6 saturated heterocycles. The summed E-state index contributed by atoms with van der Waals surface area (Å²) in [6, 6.07) is -0.309. The zero-order chi connectivity index (χ0) is 48.8. The van der Waals surface area contributed by atoms with Crippen LogP contribution in [0.1, 0.15) is 107 Å². The van der Waals surface area contributed by atoms with Crippen LogP contribution in [0.5, 0.6) is 0 Å². The maximum Gasteiger partial charge on any atom is 0.478 e. The van der Waals surface area contributed by atoms with Gasteiger partial charge in [0, 0.05) is 19.0 Å². The summed E-state index contributed by atoms with van der Waals surface area (Å²) in [5.41, 5.74) is 0. The normalized spacial score (nSPS) is 38.7. The zero-order valence-electron chi connectivity index (χ0n) is 39.9. The predicted octanol–water partition coefficient (Wildman–Crippen LogP) is 5.15. The number of hydrogen-bond donors (Lipinski definition) is 0. The number of carbonyl (C=O) groups is 1. The third-order valence-electron chi connectivity index (χ3n) is 5.06. The van der Waals surface area contributed by atoms with E-state index in [0.717, 1.165) is 0 Å². The summed E-state index contributed by atoms with van der Waals surface area (Å²) < 4.78 is 203. The van der Waals surface area contributed by atoms with Crippen LogP contribution in [0.15, 0.2) is 0 Å². The first-order valence-corrected chi connectivity index (χ1v) is 29.1. The summed E-state index contributed by atoms with van der Waals surface area (Å²) in [5.74, 6) is -0.555. The van der Waals surface area contributed by atoms with Gasteiger partial charge in [0.2, 0.25) is 0 Å². The van der Waals surface area contributed by atoms with Crippen molar-refractivity contribution in [3.05, 3.63) is 0 Å². The molecule has 6 fully saturated rings. The van der Waals surface area contributed by atoms with E-state index in [2.05, 4.69) is 1.45 Å². The minimum Gasteiger partial charge on any atom is -0.466 e. The maximum atomic E-state index is 11.2. The number of ether oxygens (including phenoxy) is 1. The molecular weight excluding hydrogens is 894 g/mol. The topological polar surface area (TPSA) is 137 Å². The number of alkyl halides is 6. The molecule has 0 radical (unpaired) electrons. The Bertz CT molecular complexity index is 1110. The third kappa shape index (κ3) is 28.4. The predicted molar refractivity (Wildman–Crippen MR) is 209 cm³/mol. The lowest BCUT2D eigenvalue weighted by atomic mass is 10.5. The second kappa shape index (κ2) is 38.4. The lowest BCUT2D eigenvalue weighted by molar-refractivity contribution is -0.141. The van der Waals surface area contributed by atoms with Crippen LogP contribution < -0.4 is 0 Å². The quantitative estimate of drug-likeness (QED) is 0.110. The van der Waals surface area contributed by atoms with Crippen molar-refractivity contribution >= 4 is 80.3 Å². The van der Waals surface area contributed by atoms with Crippen LogP contribution in [-0.4, -0.2) is 136 Å². The van der Waals surface area contributed by atoms with E-state index in [1.54, 1.807) is 48.5 Å². The minimum atomic E-state index is -4.98. The number of halogens is 7. The van der Waals surface area contributed by atoms with Crippen molar-refractivity contribution in [1.29, 1.82) is 8.86 Å². The first-order chi connectivity index (χ1) is 28.9. The number of carbonyl (C=O) groups excluding carboxylic acids is 1. The van der Waals surface area contributed by atoms with Crippen LogP contribution in [0.4, 0.5) is 31.1 Å². The van der Waals surface area contributed by atoms with Crippen molar-refractivity contribution in [3.8, 4) is 0 Å². The summed E-state index contributed by atoms with van der Waals surface area (Å²) in [6.07, 6.45) is 4.28. The fraction of sp³-hybridized carbons (Fsp3) is 0.962. The highest BCUT2D eigenvalue weighted by Gasteiger charge is 2.65. The highest BCUT2D eigenvalue weighted by Crippen LogP contribution is 2.36. The Hall–Kier alpha value is 0.235. The molecule has 0 aromatic carbocycles. The van der Waals surface area contributed by atoms with Crippen LogP contribution in [-0.2, 0) is 58.9 Å². The van der Waals surface area contributed by atoms with Gasteiger partial charge < -0.3 is 54.1 Å². The molecule has 4 atom stereocenters. The largest absolute Gasteiger partial charge is 0.478 e. The fourth-order valence-electron chi connectivity index (χ4n) is 2.79. The van der Waals surface area contributed by atoms with Gasteiger partial charge in [0.1, 0.15) is 7.41 Å². The van der Waals surface area contributed by atoms with Gasteiger partial charge in [-0.25, -0.2) is 0 Å². The molecule has 4 unspecified atom stereocenters. The molecule has 29 heteroatoms. The Morgan fingerprint density at radius 3 is 1.02 bits per heavy atom. The van der Waals surface area contributed by atoms with Crippen LogP contribution in [0.2, 0.25) is 12.1 Å². The Kier molecular flexibility index (Phi) is 32.4. The molecule has 6 rings (SSSR count). The third-order valence-corrected chi connectivity index (χ3v) is 26.6. The molecule has 14 nitrogen and oxygen atoms in total. The van der Waals surface area contributed by atoms with Crippen LogP contribution in [0.25, 0.3) is 0 Å². The van der Waals surface area contributed by atoms with E-state index in [4.69, 9.17) is 66.2 Å². The zero-order valence-corrected chi connectivity index (χ0v) is 40.9. The Labute approximate surface area is 344 Å². The summed E-state index contributed by atoms with van der Waals surface area (Å²) in [7, 11) is -38.4. The first-order valence-electron chi connectivity index (χ1n) is 21.2. The Balaban J connectivity index is -0.00000110.